The maximum Gasteiger partial charge on any atom is 0.254 e. The van der Waals surface area contributed by atoms with Gasteiger partial charge in [-0.2, -0.15) is 0 Å². The van der Waals surface area contributed by atoms with Crippen molar-refractivity contribution in [2.75, 3.05) is 0 Å². The average molecular weight is 288 g/mol. The number of amides is 2. The van der Waals surface area contributed by atoms with Gasteiger partial charge in [0.2, 0.25) is 5.91 Å². The first-order chi connectivity index (χ1) is 10.0. The van der Waals surface area contributed by atoms with Crippen molar-refractivity contribution in [1.82, 2.24) is 4.90 Å². The summed E-state index contributed by atoms with van der Waals surface area (Å²) in [6.45, 7) is 0. The van der Waals surface area contributed by atoms with Crippen LogP contribution in [-0.4, -0.2) is 40.0 Å². The third kappa shape index (κ3) is 2.78. The number of carbonyl (C=O) groups excluding carboxylic acids is 2. The Morgan fingerprint density at radius 1 is 1.14 bits per heavy atom. The molecular formula is C16H20N2O3. The Hall–Kier alpha value is -1.88. The lowest BCUT2D eigenvalue weighted by Crippen LogP contribution is -2.48. The number of benzene rings is 1. The van der Waals surface area contributed by atoms with Crippen molar-refractivity contribution in [2.24, 2.45) is 5.73 Å². The summed E-state index contributed by atoms with van der Waals surface area (Å²) < 4.78 is 0. The lowest BCUT2D eigenvalue weighted by molar-refractivity contribution is -0.117. The molecule has 2 saturated heterocycles. The van der Waals surface area contributed by atoms with Gasteiger partial charge in [-0.15, -0.1) is 0 Å². The van der Waals surface area contributed by atoms with Crippen molar-refractivity contribution in [2.45, 2.75) is 50.3 Å². The molecule has 0 spiro atoms. The molecule has 2 atom stereocenters. The minimum Gasteiger partial charge on any atom is -0.393 e. The number of hydrogen-bond acceptors (Lipinski definition) is 3. The number of hydrogen-bond donors (Lipinski definition) is 2. The molecule has 3 N–H and O–H groups in total. The molecule has 2 bridgehead atoms. The summed E-state index contributed by atoms with van der Waals surface area (Å²) in [7, 11) is 0. The summed E-state index contributed by atoms with van der Waals surface area (Å²) in [5, 5.41) is 9.80. The van der Waals surface area contributed by atoms with Gasteiger partial charge in [-0.05, 0) is 43.4 Å². The van der Waals surface area contributed by atoms with Gasteiger partial charge in [0.1, 0.15) is 0 Å². The summed E-state index contributed by atoms with van der Waals surface area (Å²) in [5.41, 5.74) is 6.61. The highest BCUT2D eigenvalue weighted by Crippen LogP contribution is 2.36. The molecule has 2 aliphatic rings. The number of primary amides is 1. The molecule has 2 unspecified atom stereocenters. The van der Waals surface area contributed by atoms with Crippen LogP contribution in [0.25, 0.3) is 0 Å². The van der Waals surface area contributed by atoms with Gasteiger partial charge in [0.15, 0.2) is 0 Å². The number of aliphatic hydroxyl groups excluding tert-OH is 1. The lowest BCUT2D eigenvalue weighted by atomic mass is 9.98. The molecule has 1 aromatic rings. The molecule has 2 heterocycles. The van der Waals surface area contributed by atoms with Gasteiger partial charge < -0.3 is 15.7 Å². The summed E-state index contributed by atoms with van der Waals surface area (Å²) >= 11 is 0. The Bertz CT molecular complexity index is 541. The summed E-state index contributed by atoms with van der Waals surface area (Å²) in [4.78, 5) is 25.5. The Kier molecular flexibility index (Phi) is 3.68. The molecular weight excluding hydrogens is 268 g/mol. The van der Waals surface area contributed by atoms with Crippen LogP contribution in [0.2, 0.25) is 0 Å². The molecule has 0 radical (unpaired) electrons. The van der Waals surface area contributed by atoms with Crippen LogP contribution in [0.5, 0.6) is 0 Å². The largest absolute Gasteiger partial charge is 0.393 e. The standard InChI is InChI=1S/C16H20N2O3/c17-15(20)7-10-1-3-11(4-2-10)16(21)18-12-5-6-13(18)9-14(19)8-12/h1-4,12-14,19H,5-9H2,(H2,17,20). The van der Waals surface area contributed by atoms with Crippen LogP contribution in [0.15, 0.2) is 24.3 Å². The van der Waals surface area contributed by atoms with Gasteiger partial charge in [-0.25, -0.2) is 0 Å². The van der Waals surface area contributed by atoms with E-state index in [0.29, 0.717) is 18.4 Å². The van der Waals surface area contributed by atoms with E-state index in [0.717, 1.165) is 18.4 Å². The molecule has 0 aromatic heterocycles. The van der Waals surface area contributed by atoms with Crippen LogP contribution in [0.1, 0.15) is 41.6 Å². The molecule has 2 amide bonds. The van der Waals surface area contributed by atoms with Crippen LogP contribution >= 0.6 is 0 Å². The maximum absolute atomic E-state index is 12.7. The first-order valence-electron chi connectivity index (χ1n) is 7.42. The van der Waals surface area contributed by atoms with Gasteiger partial charge in [-0.1, -0.05) is 12.1 Å². The third-order valence-electron chi connectivity index (χ3n) is 4.52. The zero-order valence-electron chi connectivity index (χ0n) is 11.9. The fraction of sp³-hybridized carbons (Fsp3) is 0.500. The van der Waals surface area contributed by atoms with E-state index in [4.69, 9.17) is 5.73 Å². The number of nitrogens with zero attached hydrogens (tertiary/aromatic N) is 1. The Morgan fingerprint density at radius 2 is 1.71 bits per heavy atom. The minimum atomic E-state index is -0.378. The van der Waals surface area contributed by atoms with Crippen molar-refractivity contribution < 1.29 is 14.7 Å². The second-order valence-corrected chi connectivity index (χ2v) is 6.06. The highest BCUT2D eigenvalue weighted by atomic mass is 16.3. The fourth-order valence-electron chi connectivity index (χ4n) is 3.60. The quantitative estimate of drug-likeness (QED) is 0.864. The highest BCUT2D eigenvalue weighted by Gasteiger charge is 2.42. The SMILES string of the molecule is NC(=O)Cc1ccc(C(=O)N2C3CCC2CC(O)C3)cc1. The van der Waals surface area contributed by atoms with Gasteiger partial charge in [0.25, 0.3) is 5.91 Å². The average Bonchev–Trinajstić information content (AvgIpc) is 2.70. The second kappa shape index (κ2) is 5.48. The second-order valence-electron chi connectivity index (χ2n) is 6.06. The molecule has 0 saturated carbocycles. The normalized spacial score (nSPS) is 27.7. The van der Waals surface area contributed by atoms with Crippen LogP contribution < -0.4 is 5.73 Å². The molecule has 2 fully saturated rings. The third-order valence-corrected chi connectivity index (χ3v) is 4.52. The fourth-order valence-corrected chi connectivity index (χ4v) is 3.60. The first-order valence-corrected chi connectivity index (χ1v) is 7.42. The van der Waals surface area contributed by atoms with E-state index < -0.39 is 0 Å². The molecule has 21 heavy (non-hydrogen) atoms. The Morgan fingerprint density at radius 3 is 2.24 bits per heavy atom. The van der Waals surface area contributed by atoms with Gasteiger partial charge in [-0.3, -0.25) is 9.59 Å². The van der Waals surface area contributed by atoms with Crippen molar-refractivity contribution in [3.63, 3.8) is 0 Å². The monoisotopic (exact) mass is 288 g/mol. The van der Waals surface area contributed by atoms with E-state index in [1.165, 1.54) is 0 Å². The van der Waals surface area contributed by atoms with E-state index >= 15 is 0 Å². The Balaban J connectivity index is 1.75. The summed E-state index contributed by atoms with van der Waals surface area (Å²) in [5.74, 6) is -0.350. The molecule has 1 aromatic carbocycles. The van der Waals surface area contributed by atoms with Crippen LogP contribution in [-0.2, 0) is 11.2 Å². The molecule has 5 heteroatoms. The number of fused-ring (bicyclic) bond motifs is 2. The van der Waals surface area contributed by atoms with Gasteiger partial charge >= 0.3 is 0 Å². The van der Waals surface area contributed by atoms with E-state index in [2.05, 4.69) is 0 Å². The van der Waals surface area contributed by atoms with Crippen molar-refractivity contribution in [1.29, 1.82) is 0 Å². The molecule has 2 aliphatic heterocycles. The van der Waals surface area contributed by atoms with E-state index in [-0.39, 0.29) is 36.4 Å². The van der Waals surface area contributed by atoms with E-state index in [1.54, 1.807) is 24.3 Å². The predicted octanol–water partition coefficient (Wildman–Crippen LogP) is 0.842. The van der Waals surface area contributed by atoms with E-state index in [9.17, 15) is 14.7 Å². The van der Waals surface area contributed by atoms with Gasteiger partial charge in [0.05, 0.1) is 12.5 Å². The van der Waals surface area contributed by atoms with E-state index in [1.807, 2.05) is 4.90 Å². The topological polar surface area (TPSA) is 83.6 Å². The maximum atomic E-state index is 12.7. The van der Waals surface area contributed by atoms with Crippen molar-refractivity contribution in [3.8, 4) is 0 Å². The number of carbonyl (C=O) groups is 2. The first kappa shape index (κ1) is 14.1. The molecule has 0 aliphatic carbocycles. The number of piperidine rings is 1. The number of aliphatic hydroxyl groups is 1. The van der Waals surface area contributed by atoms with Gasteiger partial charge in [0, 0.05) is 17.6 Å². The molecule has 112 valence electrons. The Labute approximate surface area is 123 Å². The minimum absolute atomic E-state index is 0.0278. The summed E-state index contributed by atoms with van der Waals surface area (Å²) in [6, 6.07) is 7.39. The smallest absolute Gasteiger partial charge is 0.254 e. The van der Waals surface area contributed by atoms with Crippen LogP contribution in [0.4, 0.5) is 0 Å². The number of rotatable bonds is 3. The zero-order chi connectivity index (χ0) is 15.0. The predicted molar refractivity (Wildman–Crippen MR) is 77.6 cm³/mol. The molecule has 3 rings (SSSR count). The zero-order valence-corrected chi connectivity index (χ0v) is 11.9. The van der Waals surface area contributed by atoms with Crippen LogP contribution in [0, 0.1) is 0 Å². The highest BCUT2D eigenvalue weighted by molar-refractivity contribution is 5.95. The van der Waals surface area contributed by atoms with Crippen molar-refractivity contribution >= 4 is 11.8 Å². The molecule has 5 nitrogen and oxygen atoms in total. The van der Waals surface area contributed by atoms with Crippen LogP contribution in [0.3, 0.4) is 0 Å². The summed E-state index contributed by atoms with van der Waals surface area (Å²) in [6.07, 6.45) is 3.24. The lowest BCUT2D eigenvalue weighted by Gasteiger charge is -2.37. The van der Waals surface area contributed by atoms with Crippen molar-refractivity contribution in [3.05, 3.63) is 35.4 Å². The number of nitrogens with two attached hydrogens (primary N) is 1.